The van der Waals surface area contributed by atoms with Crippen LogP contribution in [0, 0.1) is 5.41 Å². The fourth-order valence-electron chi connectivity index (χ4n) is 3.42. The molecule has 24 heavy (non-hydrogen) atoms. The van der Waals surface area contributed by atoms with E-state index in [0.29, 0.717) is 11.1 Å². The van der Waals surface area contributed by atoms with Gasteiger partial charge in [-0.25, -0.2) is 0 Å². The third kappa shape index (κ3) is 2.62. The van der Waals surface area contributed by atoms with Gasteiger partial charge >= 0.3 is 0 Å². The number of hydrogen-bond acceptors (Lipinski definition) is 4. The summed E-state index contributed by atoms with van der Waals surface area (Å²) < 4.78 is 0. The molecule has 6 heteroatoms. The number of carbonyl (C=O) groups is 4. The second-order valence-electron chi connectivity index (χ2n) is 6.70. The van der Waals surface area contributed by atoms with E-state index >= 15 is 0 Å². The van der Waals surface area contributed by atoms with Gasteiger partial charge in [0.05, 0.1) is 11.1 Å². The molecule has 0 aromatic carbocycles. The molecular formula is C18H20N2O4. The fourth-order valence-corrected chi connectivity index (χ4v) is 3.42. The molecule has 2 heterocycles. The molecule has 1 saturated heterocycles. The van der Waals surface area contributed by atoms with Crippen LogP contribution in [0.25, 0.3) is 0 Å². The van der Waals surface area contributed by atoms with Gasteiger partial charge in [-0.05, 0) is 12.8 Å². The summed E-state index contributed by atoms with van der Waals surface area (Å²) in [5, 5.41) is 2.19. The average molecular weight is 328 g/mol. The number of rotatable bonds is 3. The molecule has 1 atom stereocenters. The summed E-state index contributed by atoms with van der Waals surface area (Å²) in [7, 11) is 0. The van der Waals surface area contributed by atoms with Crippen LogP contribution in [0.5, 0.6) is 0 Å². The number of piperidine rings is 1. The zero-order chi connectivity index (χ0) is 17.5. The van der Waals surface area contributed by atoms with Crippen molar-refractivity contribution < 1.29 is 19.2 Å². The lowest BCUT2D eigenvalue weighted by molar-refractivity contribution is -0.149. The second kappa shape index (κ2) is 5.85. The first-order valence-corrected chi connectivity index (χ1v) is 8.20. The van der Waals surface area contributed by atoms with Crippen LogP contribution in [0.3, 0.4) is 0 Å². The highest BCUT2D eigenvalue weighted by molar-refractivity contribution is 6.24. The van der Waals surface area contributed by atoms with Gasteiger partial charge < -0.3 is 0 Å². The van der Waals surface area contributed by atoms with E-state index in [4.69, 9.17) is 0 Å². The van der Waals surface area contributed by atoms with E-state index in [0.717, 1.165) is 17.7 Å². The summed E-state index contributed by atoms with van der Waals surface area (Å²) in [4.78, 5) is 49.7. The van der Waals surface area contributed by atoms with E-state index in [9.17, 15) is 19.2 Å². The third-order valence-electron chi connectivity index (χ3n) is 4.76. The molecule has 0 aromatic heterocycles. The van der Waals surface area contributed by atoms with Gasteiger partial charge in [0, 0.05) is 11.8 Å². The fraction of sp³-hybridized carbons (Fsp3) is 0.444. The minimum Gasteiger partial charge on any atom is -0.295 e. The van der Waals surface area contributed by atoms with Crippen molar-refractivity contribution in [2.24, 2.45) is 5.41 Å². The molecule has 0 saturated carbocycles. The van der Waals surface area contributed by atoms with Gasteiger partial charge in [0.25, 0.3) is 11.8 Å². The van der Waals surface area contributed by atoms with E-state index in [2.05, 4.69) is 19.2 Å². The third-order valence-corrected chi connectivity index (χ3v) is 4.76. The molecular weight excluding hydrogens is 308 g/mol. The number of nitrogens with one attached hydrogen (secondary N) is 1. The van der Waals surface area contributed by atoms with Crippen LogP contribution in [-0.4, -0.2) is 34.6 Å². The van der Waals surface area contributed by atoms with E-state index in [1.807, 2.05) is 12.2 Å². The van der Waals surface area contributed by atoms with Crippen molar-refractivity contribution >= 4 is 23.6 Å². The maximum absolute atomic E-state index is 12.7. The minimum absolute atomic E-state index is 0.123. The van der Waals surface area contributed by atoms with Gasteiger partial charge in [-0.15, -0.1) is 0 Å². The number of carbonyl (C=O) groups excluding carboxylic acids is 4. The standard InChI is InChI=1S/C18H20N2O4/c1-3-8-18(2)9-6-11-12(7-10-18)17(24)20(16(11)23)13-4-5-14(21)19-15(13)22/h6-7,9-10,13H,3-5,8H2,1-2H3,(H,19,21,22). The van der Waals surface area contributed by atoms with Gasteiger partial charge in [-0.1, -0.05) is 44.6 Å². The smallest absolute Gasteiger partial charge is 0.262 e. The van der Waals surface area contributed by atoms with Gasteiger partial charge in [0.2, 0.25) is 11.8 Å². The normalized spacial score (nSPS) is 25.9. The zero-order valence-electron chi connectivity index (χ0n) is 13.8. The molecule has 1 fully saturated rings. The van der Waals surface area contributed by atoms with E-state index in [-0.39, 0.29) is 24.2 Å². The molecule has 1 unspecified atom stereocenters. The molecule has 0 aromatic rings. The lowest BCUT2D eigenvalue weighted by atomic mass is 9.85. The first-order valence-electron chi connectivity index (χ1n) is 8.20. The lowest BCUT2D eigenvalue weighted by Crippen LogP contribution is -2.54. The number of nitrogens with zero attached hydrogens (tertiary/aromatic N) is 1. The van der Waals surface area contributed by atoms with Gasteiger partial charge in [0.15, 0.2) is 0 Å². The second-order valence-corrected chi connectivity index (χ2v) is 6.70. The maximum atomic E-state index is 12.7. The SMILES string of the molecule is CCCC1(C)C=CC2=C(C=C1)C(=O)N(C1CCC(=O)NC1=O)C2=O. The molecule has 126 valence electrons. The molecule has 4 amide bonds. The van der Waals surface area contributed by atoms with Crippen LogP contribution < -0.4 is 5.32 Å². The highest BCUT2D eigenvalue weighted by Gasteiger charge is 2.45. The maximum Gasteiger partial charge on any atom is 0.262 e. The lowest BCUT2D eigenvalue weighted by Gasteiger charge is -2.28. The number of amides is 4. The van der Waals surface area contributed by atoms with Crippen molar-refractivity contribution in [1.29, 1.82) is 0 Å². The number of allylic oxidation sites excluding steroid dienone is 2. The van der Waals surface area contributed by atoms with Crippen molar-refractivity contribution in [2.45, 2.75) is 45.6 Å². The molecule has 1 aliphatic carbocycles. The van der Waals surface area contributed by atoms with Crippen molar-refractivity contribution in [1.82, 2.24) is 10.2 Å². The first kappa shape index (κ1) is 16.4. The predicted molar refractivity (Wildman–Crippen MR) is 86.3 cm³/mol. The Balaban J connectivity index is 1.88. The van der Waals surface area contributed by atoms with Crippen molar-refractivity contribution in [3.8, 4) is 0 Å². The average Bonchev–Trinajstić information content (AvgIpc) is 2.65. The zero-order valence-corrected chi connectivity index (χ0v) is 13.8. The Morgan fingerprint density at radius 2 is 1.71 bits per heavy atom. The summed E-state index contributed by atoms with van der Waals surface area (Å²) in [5.41, 5.74) is 0.445. The molecule has 3 rings (SSSR count). The quantitative estimate of drug-likeness (QED) is 0.794. The molecule has 0 spiro atoms. The summed E-state index contributed by atoms with van der Waals surface area (Å²) in [6.45, 7) is 4.14. The van der Waals surface area contributed by atoms with Crippen LogP contribution in [-0.2, 0) is 19.2 Å². The molecule has 0 bridgehead atoms. The largest absolute Gasteiger partial charge is 0.295 e. The van der Waals surface area contributed by atoms with Crippen LogP contribution in [0.15, 0.2) is 35.5 Å². The monoisotopic (exact) mass is 328 g/mol. The minimum atomic E-state index is -0.918. The van der Waals surface area contributed by atoms with Crippen LogP contribution >= 0.6 is 0 Å². The van der Waals surface area contributed by atoms with E-state index in [1.165, 1.54) is 0 Å². The van der Waals surface area contributed by atoms with Crippen molar-refractivity contribution in [3.05, 3.63) is 35.5 Å². The topological polar surface area (TPSA) is 83.6 Å². The van der Waals surface area contributed by atoms with Crippen LogP contribution in [0.2, 0.25) is 0 Å². The molecule has 0 radical (unpaired) electrons. The Hall–Kier alpha value is -2.50. The van der Waals surface area contributed by atoms with Crippen molar-refractivity contribution in [3.63, 3.8) is 0 Å². The molecule has 2 aliphatic heterocycles. The van der Waals surface area contributed by atoms with Gasteiger partial charge in [0.1, 0.15) is 6.04 Å². The molecule has 3 aliphatic rings. The van der Waals surface area contributed by atoms with Crippen LogP contribution in [0.1, 0.15) is 39.5 Å². The first-order chi connectivity index (χ1) is 11.4. The Bertz CT molecular complexity index is 693. The summed E-state index contributed by atoms with van der Waals surface area (Å²) in [5.74, 6) is -1.90. The van der Waals surface area contributed by atoms with Gasteiger partial charge in [-0.2, -0.15) is 0 Å². The number of hydrogen-bond donors (Lipinski definition) is 1. The van der Waals surface area contributed by atoms with Gasteiger partial charge in [-0.3, -0.25) is 29.4 Å². The molecule has 6 nitrogen and oxygen atoms in total. The van der Waals surface area contributed by atoms with Crippen molar-refractivity contribution in [2.75, 3.05) is 0 Å². The van der Waals surface area contributed by atoms with E-state index < -0.39 is 23.8 Å². The summed E-state index contributed by atoms with van der Waals surface area (Å²) in [6.07, 6.45) is 9.46. The Kier molecular flexibility index (Phi) is 3.99. The Morgan fingerprint density at radius 3 is 2.21 bits per heavy atom. The Morgan fingerprint density at radius 1 is 1.12 bits per heavy atom. The Labute approximate surface area is 140 Å². The highest BCUT2D eigenvalue weighted by atomic mass is 16.2. The highest BCUT2D eigenvalue weighted by Crippen LogP contribution is 2.35. The van der Waals surface area contributed by atoms with E-state index in [1.54, 1.807) is 12.2 Å². The summed E-state index contributed by atoms with van der Waals surface area (Å²) in [6, 6.07) is -0.918. The molecule has 1 N–H and O–H groups in total. The summed E-state index contributed by atoms with van der Waals surface area (Å²) >= 11 is 0. The number of imide groups is 2. The van der Waals surface area contributed by atoms with Crippen LogP contribution in [0.4, 0.5) is 0 Å². The predicted octanol–water partition coefficient (Wildman–Crippen LogP) is 1.39.